The Bertz CT molecular complexity index is 69.1. The molecule has 0 unspecified atom stereocenters. The summed E-state index contributed by atoms with van der Waals surface area (Å²) in [5.74, 6) is 0. The fourth-order valence-corrected chi connectivity index (χ4v) is 0. The van der Waals surface area contributed by atoms with Crippen LogP contribution in [0.5, 0.6) is 0 Å². The van der Waals surface area contributed by atoms with Crippen molar-refractivity contribution in [1.29, 1.82) is 0 Å². The Morgan fingerprint density at radius 1 is 0.778 bits per heavy atom. The molecule has 60 valence electrons. The van der Waals surface area contributed by atoms with Gasteiger partial charge in [0.05, 0.1) is 0 Å². The predicted octanol–water partition coefficient (Wildman–Crippen LogP) is -2.85. The summed E-state index contributed by atoms with van der Waals surface area (Å²) >= 11 is -6.58. The van der Waals surface area contributed by atoms with Gasteiger partial charge >= 0.3 is 53.4 Å². The maximum Gasteiger partial charge on any atom is -0.369 e. The number of quaternary nitrogens is 1. The van der Waals surface area contributed by atoms with E-state index in [1.165, 1.54) is 0 Å². The molecule has 0 rings (SSSR count). The first kappa shape index (κ1) is 16.2. The van der Waals surface area contributed by atoms with Crippen LogP contribution in [0.15, 0.2) is 0 Å². The fraction of sp³-hybridized carbons (Fsp3) is 0. The first-order chi connectivity index (χ1) is 3.46. The molecule has 0 atom stereocenters. The Balaban J connectivity index is -0.0000000720. The van der Waals surface area contributed by atoms with E-state index in [4.69, 9.17) is 24.4 Å². The van der Waals surface area contributed by atoms with Gasteiger partial charge in [-0.05, 0) is 0 Å². The molecule has 0 aromatic heterocycles. The van der Waals surface area contributed by atoms with Crippen molar-refractivity contribution in [2.45, 2.75) is 0 Å². The van der Waals surface area contributed by atoms with Crippen molar-refractivity contribution in [2.24, 2.45) is 0 Å². The summed E-state index contributed by atoms with van der Waals surface area (Å²) in [7, 11) is 0. The van der Waals surface area contributed by atoms with E-state index in [2.05, 4.69) is 0 Å². The average molecular weight is 276 g/mol. The first-order valence-corrected chi connectivity index (χ1v) is 5.53. The van der Waals surface area contributed by atoms with Gasteiger partial charge in [-0.1, -0.05) is 0 Å². The first-order valence-electron chi connectivity index (χ1n) is 1.06. The van der Waals surface area contributed by atoms with E-state index >= 15 is 0 Å². The van der Waals surface area contributed by atoms with Gasteiger partial charge in [0.2, 0.25) is 0 Å². The van der Waals surface area contributed by atoms with Crippen LogP contribution in [0.2, 0.25) is 0 Å². The zero-order valence-corrected chi connectivity index (χ0v) is 7.85. The van der Waals surface area contributed by atoms with Gasteiger partial charge in [0, 0.05) is 0 Å². The van der Waals surface area contributed by atoms with Gasteiger partial charge in [-0.25, -0.2) is 0 Å². The predicted molar refractivity (Wildman–Crippen MR) is 27.7 cm³/mol. The van der Waals surface area contributed by atoms with E-state index in [9.17, 15) is 0 Å². The summed E-state index contributed by atoms with van der Waals surface area (Å²) in [6, 6.07) is 0. The van der Waals surface area contributed by atoms with E-state index in [1.54, 1.807) is 0 Å². The molecule has 0 bridgehead atoms. The minimum absolute atomic E-state index is 0. The van der Waals surface area contributed by atoms with Crippen LogP contribution in [0, 0.1) is 0 Å². The molecule has 0 saturated heterocycles. The zero-order valence-electron chi connectivity index (χ0n) is 4.42. The Hall–Kier alpha value is 0.439. The Kier molecular flexibility index (Phi) is 20.3. The monoisotopic (exact) mass is 278 g/mol. The molecule has 7 nitrogen and oxygen atoms in total. The zero-order chi connectivity index (χ0) is 7.15. The molecule has 0 heterocycles. The molecule has 0 aliphatic heterocycles. The van der Waals surface area contributed by atoms with Gasteiger partial charge in [-0.2, -0.15) is 0 Å². The number of hydrogen-bond donors (Lipinski definition) is 5. The van der Waals surface area contributed by atoms with Gasteiger partial charge in [-0.3, -0.25) is 0 Å². The topological polar surface area (TPSA) is 152 Å². The van der Waals surface area contributed by atoms with Crippen LogP contribution in [-0.2, 0) is 7.67 Å². The van der Waals surface area contributed by atoms with Crippen LogP contribution < -0.4 is 6.15 Å². The van der Waals surface area contributed by atoms with E-state index in [0.717, 1.165) is 0 Å². The third-order valence-corrected chi connectivity index (χ3v) is 0. The van der Waals surface area contributed by atoms with E-state index in [1.807, 2.05) is 0 Å². The molecule has 0 amide bonds. The second-order valence-corrected chi connectivity index (χ2v) is 2.40. The summed E-state index contributed by atoms with van der Waals surface area (Å²) in [6.07, 6.45) is 0. The van der Waals surface area contributed by atoms with Crippen molar-refractivity contribution in [3.05, 3.63) is 0 Å². The molecule has 0 aromatic rings. The third-order valence-electron chi connectivity index (χ3n) is 0. The molecule has 0 radical (unpaired) electrons. The standard InChI is InChI=1S/H3N.2H2O3Se/c;2*1-4(2)3/h1H3;2*(H2,1,2,3)/p+1. The molecule has 0 aliphatic carbocycles. The second kappa shape index (κ2) is 11.3. The normalized spacial score (nSPS) is 7.78. The van der Waals surface area contributed by atoms with E-state index < -0.39 is 29.0 Å². The quantitative estimate of drug-likeness (QED) is 0.300. The summed E-state index contributed by atoms with van der Waals surface area (Å²) < 4.78 is 46.2. The van der Waals surface area contributed by atoms with Crippen LogP contribution in [0.4, 0.5) is 0 Å². The van der Waals surface area contributed by atoms with Crippen molar-refractivity contribution in [3.63, 3.8) is 0 Å². The third kappa shape index (κ3) is 1820. The van der Waals surface area contributed by atoms with Crippen molar-refractivity contribution in [1.82, 2.24) is 6.15 Å². The van der Waals surface area contributed by atoms with E-state index in [-0.39, 0.29) is 6.15 Å². The van der Waals surface area contributed by atoms with Crippen LogP contribution in [-0.4, -0.2) is 45.7 Å². The van der Waals surface area contributed by atoms with Crippen LogP contribution >= 0.6 is 0 Å². The van der Waals surface area contributed by atoms with Gasteiger partial charge in [-0.15, -0.1) is 0 Å². The Labute approximate surface area is 60.0 Å². The summed E-state index contributed by atoms with van der Waals surface area (Å²) in [5.41, 5.74) is 0. The molecule has 9 heteroatoms. The molecule has 0 spiro atoms. The fourth-order valence-electron chi connectivity index (χ4n) is 0. The van der Waals surface area contributed by atoms with Gasteiger partial charge < -0.3 is 6.15 Å². The average Bonchev–Trinajstić information content (AvgIpc) is 1.25. The molecule has 0 aromatic carbocycles. The molecule has 8 N–H and O–H groups in total. The Morgan fingerprint density at radius 2 is 0.778 bits per heavy atom. The smallest absolute Gasteiger partial charge is 0.369 e. The van der Waals surface area contributed by atoms with Gasteiger partial charge in [0.15, 0.2) is 0 Å². The van der Waals surface area contributed by atoms with Crippen LogP contribution in [0.25, 0.3) is 0 Å². The molecule has 0 aliphatic rings. The number of hydrogen-bond acceptors (Lipinski definition) is 2. The molecular formula is H8NO6Se2+. The molecule has 0 saturated carbocycles. The van der Waals surface area contributed by atoms with Gasteiger partial charge in [0.1, 0.15) is 0 Å². The SMILES string of the molecule is O=[Se](O)O.O=[Se](O)O.[NH4+]. The van der Waals surface area contributed by atoms with Crippen LogP contribution in [0.1, 0.15) is 0 Å². The van der Waals surface area contributed by atoms with Crippen LogP contribution in [0.3, 0.4) is 0 Å². The minimum atomic E-state index is -3.29. The number of rotatable bonds is 0. The van der Waals surface area contributed by atoms with Crippen molar-refractivity contribution in [2.75, 3.05) is 0 Å². The maximum absolute atomic E-state index is 8.76. The van der Waals surface area contributed by atoms with Crippen molar-refractivity contribution in [3.8, 4) is 0 Å². The summed E-state index contributed by atoms with van der Waals surface area (Å²) in [4.78, 5) is 0. The van der Waals surface area contributed by atoms with Gasteiger partial charge in [0.25, 0.3) is 0 Å². The molecular weight excluding hydrogens is 268 g/mol. The largest absolute Gasteiger partial charge is 0.369 e. The molecule has 0 fully saturated rings. The maximum atomic E-state index is 8.76. The Morgan fingerprint density at radius 3 is 0.778 bits per heavy atom. The molecule has 9 heavy (non-hydrogen) atoms. The van der Waals surface area contributed by atoms with E-state index in [0.29, 0.717) is 0 Å². The van der Waals surface area contributed by atoms with Crippen molar-refractivity contribution >= 4 is 29.0 Å². The van der Waals surface area contributed by atoms with Crippen molar-refractivity contribution < 1.29 is 24.4 Å². The summed E-state index contributed by atoms with van der Waals surface area (Å²) in [5, 5.41) is 0. The minimum Gasteiger partial charge on any atom is -0.369 e. The summed E-state index contributed by atoms with van der Waals surface area (Å²) in [6.45, 7) is 0. The second-order valence-electron chi connectivity index (χ2n) is 0.461.